The summed E-state index contributed by atoms with van der Waals surface area (Å²) >= 11 is 0. The highest BCUT2D eigenvalue weighted by Crippen LogP contribution is 2.68. The van der Waals surface area contributed by atoms with E-state index in [0.717, 1.165) is 31.6 Å². The standard InChI is InChI=1S/C27H48O3Si2/c1-19(28)27(30-32(7,8)9)17-14-24-22-11-10-20-18-21(29-31(4,5)6)12-15-25(20,2)23(22)13-16-26(24,27)3/h10,21-24H,11-18H2,1-9H3. The van der Waals surface area contributed by atoms with Gasteiger partial charge in [0.25, 0.3) is 0 Å². The van der Waals surface area contributed by atoms with E-state index < -0.39 is 22.2 Å². The van der Waals surface area contributed by atoms with Crippen LogP contribution in [0.2, 0.25) is 39.3 Å². The maximum absolute atomic E-state index is 13.2. The number of rotatable bonds is 5. The van der Waals surface area contributed by atoms with E-state index in [2.05, 4.69) is 59.2 Å². The van der Waals surface area contributed by atoms with Crippen molar-refractivity contribution in [2.75, 3.05) is 0 Å². The summed E-state index contributed by atoms with van der Waals surface area (Å²) < 4.78 is 13.4. The van der Waals surface area contributed by atoms with Crippen molar-refractivity contribution in [3.63, 3.8) is 0 Å². The predicted octanol–water partition coefficient (Wildman–Crippen LogP) is 7.35. The molecule has 0 N–H and O–H groups in total. The normalized spacial score (nSPS) is 44.3. The lowest BCUT2D eigenvalue weighted by atomic mass is 9.47. The molecule has 0 aliphatic heterocycles. The van der Waals surface area contributed by atoms with Crippen LogP contribution < -0.4 is 0 Å². The second kappa shape index (κ2) is 7.89. The lowest BCUT2D eigenvalue weighted by Gasteiger charge is -2.60. The number of allylic oxidation sites excluding steroid dienone is 1. The average Bonchev–Trinajstić information content (AvgIpc) is 2.93. The topological polar surface area (TPSA) is 35.5 Å². The molecule has 0 spiro atoms. The first-order valence-corrected chi connectivity index (χ1v) is 20.0. The van der Waals surface area contributed by atoms with Crippen molar-refractivity contribution in [3.8, 4) is 0 Å². The van der Waals surface area contributed by atoms with Gasteiger partial charge in [0.1, 0.15) is 5.60 Å². The van der Waals surface area contributed by atoms with E-state index in [1.54, 1.807) is 12.5 Å². The van der Waals surface area contributed by atoms with Crippen molar-refractivity contribution < 1.29 is 13.6 Å². The third kappa shape index (κ3) is 3.97. The van der Waals surface area contributed by atoms with Crippen LogP contribution in [-0.4, -0.2) is 34.1 Å². The Bertz CT molecular complexity index is 794. The fraction of sp³-hybridized carbons (Fsp3) is 0.889. The lowest BCUT2D eigenvalue weighted by molar-refractivity contribution is -0.154. The van der Waals surface area contributed by atoms with Gasteiger partial charge in [-0.15, -0.1) is 0 Å². The summed E-state index contributed by atoms with van der Waals surface area (Å²) in [5.74, 6) is 2.34. The molecular formula is C27H48O3Si2. The Morgan fingerprint density at radius 3 is 2.19 bits per heavy atom. The molecule has 4 aliphatic carbocycles. The van der Waals surface area contributed by atoms with Gasteiger partial charge in [0.15, 0.2) is 22.4 Å². The summed E-state index contributed by atoms with van der Waals surface area (Å²) in [7, 11) is -3.34. The van der Waals surface area contributed by atoms with Gasteiger partial charge in [-0.2, -0.15) is 0 Å². The molecule has 3 nitrogen and oxygen atoms in total. The molecule has 0 saturated heterocycles. The van der Waals surface area contributed by atoms with Crippen LogP contribution in [0.1, 0.15) is 72.1 Å². The molecular weight excluding hydrogens is 428 g/mol. The zero-order chi connectivity index (χ0) is 23.7. The summed E-state index contributed by atoms with van der Waals surface area (Å²) in [5.41, 5.74) is 1.44. The van der Waals surface area contributed by atoms with Gasteiger partial charge in [-0.3, -0.25) is 4.79 Å². The van der Waals surface area contributed by atoms with Crippen LogP contribution in [0.4, 0.5) is 0 Å². The number of ketones is 1. The van der Waals surface area contributed by atoms with Crippen LogP contribution in [0.25, 0.3) is 0 Å². The Hall–Kier alpha value is -0.236. The molecule has 0 heterocycles. The predicted molar refractivity (Wildman–Crippen MR) is 138 cm³/mol. The van der Waals surface area contributed by atoms with Crippen LogP contribution in [0.3, 0.4) is 0 Å². The molecule has 4 rings (SSSR count). The molecule has 0 radical (unpaired) electrons. The minimum atomic E-state index is -1.84. The Balaban J connectivity index is 1.61. The Morgan fingerprint density at radius 2 is 1.59 bits per heavy atom. The van der Waals surface area contributed by atoms with Crippen LogP contribution in [0.5, 0.6) is 0 Å². The molecule has 4 aliphatic rings. The number of hydrogen-bond donors (Lipinski definition) is 0. The molecule has 182 valence electrons. The van der Waals surface area contributed by atoms with Gasteiger partial charge in [-0.25, -0.2) is 0 Å². The number of Topliss-reactive ketones (excluding diaryl/α,β-unsaturated/α-hetero) is 1. The van der Waals surface area contributed by atoms with Gasteiger partial charge in [-0.1, -0.05) is 25.5 Å². The zero-order valence-corrected chi connectivity index (χ0v) is 24.3. The third-order valence-electron chi connectivity index (χ3n) is 9.75. The maximum Gasteiger partial charge on any atom is 0.185 e. The van der Waals surface area contributed by atoms with Gasteiger partial charge in [0, 0.05) is 11.5 Å². The summed E-state index contributed by atoms with van der Waals surface area (Å²) in [6.45, 7) is 20.5. The highest BCUT2D eigenvalue weighted by atomic mass is 28.4. The van der Waals surface area contributed by atoms with E-state index in [4.69, 9.17) is 8.85 Å². The number of fused-ring (bicyclic) bond motifs is 5. The maximum atomic E-state index is 13.2. The van der Waals surface area contributed by atoms with E-state index >= 15 is 0 Å². The van der Waals surface area contributed by atoms with E-state index in [9.17, 15) is 4.79 Å². The summed E-state index contributed by atoms with van der Waals surface area (Å²) in [4.78, 5) is 13.2. The fourth-order valence-electron chi connectivity index (χ4n) is 8.57. The average molecular weight is 477 g/mol. The second-order valence-corrected chi connectivity index (χ2v) is 22.8. The smallest absolute Gasteiger partial charge is 0.185 e. The second-order valence-electron chi connectivity index (χ2n) is 13.9. The minimum absolute atomic E-state index is 0.0138. The molecule has 0 bridgehead atoms. The summed E-state index contributed by atoms with van der Waals surface area (Å²) in [6, 6.07) is 0. The quantitative estimate of drug-likeness (QED) is 0.307. The number of hydrogen-bond acceptors (Lipinski definition) is 3. The van der Waals surface area contributed by atoms with Crippen LogP contribution in [-0.2, 0) is 13.6 Å². The van der Waals surface area contributed by atoms with Crippen molar-refractivity contribution in [2.24, 2.45) is 28.6 Å². The zero-order valence-electron chi connectivity index (χ0n) is 22.3. The largest absolute Gasteiger partial charge is 0.414 e. The summed E-state index contributed by atoms with van der Waals surface area (Å²) in [6.07, 6.45) is 12.3. The van der Waals surface area contributed by atoms with Gasteiger partial charge in [-0.05, 0) is 121 Å². The van der Waals surface area contributed by atoms with E-state index in [1.807, 2.05) is 0 Å². The Labute approximate surface area is 199 Å². The van der Waals surface area contributed by atoms with E-state index in [0.29, 0.717) is 23.4 Å². The first-order valence-electron chi connectivity index (χ1n) is 13.2. The fourth-order valence-corrected chi connectivity index (χ4v) is 11.3. The Kier molecular flexibility index (Phi) is 6.13. The van der Waals surface area contributed by atoms with Crippen molar-refractivity contribution in [1.82, 2.24) is 0 Å². The van der Waals surface area contributed by atoms with E-state index in [-0.39, 0.29) is 11.2 Å². The van der Waals surface area contributed by atoms with E-state index in [1.165, 1.54) is 25.7 Å². The molecule has 0 amide bonds. The first kappa shape index (κ1) is 24.9. The van der Waals surface area contributed by atoms with Crippen LogP contribution in [0, 0.1) is 28.6 Å². The third-order valence-corrected chi connectivity index (χ3v) is 11.7. The van der Waals surface area contributed by atoms with Gasteiger partial charge in [0.2, 0.25) is 0 Å². The molecule has 3 saturated carbocycles. The van der Waals surface area contributed by atoms with Crippen molar-refractivity contribution >= 4 is 22.4 Å². The molecule has 32 heavy (non-hydrogen) atoms. The van der Waals surface area contributed by atoms with Gasteiger partial charge >= 0.3 is 0 Å². The van der Waals surface area contributed by atoms with Crippen molar-refractivity contribution in [2.45, 2.75) is 123 Å². The van der Waals surface area contributed by atoms with Crippen molar-refractivity contribution in [3.05, 3.63) is 11.6 Å². The minimum Gasteiger partial charge on any atom is -0.414 e. The monoisotopic (exact) mass is 476 g/mol. The molecule has 3 fully saturated rings. The molecule has 0 aromatic carbocycles. The molecule has 7 atom stereocenters. The highest BCUT2D eigenvalue weighted by molar-refractivity contribution is 6.70. The van der Waals surface area contributed by atoms with Crippen LogP contribution in [0.15, 0.2) is 11.6 Å². The Morgan fingerprint density at radius 1 is 0.938 bits per heavy atom. The SMILES string of the molecule is CC(=O)C1(O[Si](C)(C)C)CCC2C3CC=C4CC(O[Si](C)(C)C)CCC4(C)C3CCC21C. The number of carbonyl (C=O) groups excluding carboxylic acids is 1. The lowest BCUT2D eigenvalue weighted by Crippen LogP contribution is -2.60. The number of carbonyl (C=O) groups is 1. The molecule has 5 heteroatoms. The molecule has 0 aromatic heterocycles. The van der Waals surface area contributed by atoms with Crippen LogP contribution >= 0.6 is 0 Å². The van der Waals surface area contributed by atoms with Gasteiger partial charge < -0.3 is 8.85 Å². The van der Waals surface area contributed by atoms with Crippen molar-refractivity contribution in [1.29, 1.82) is 0 Å². The first-order chi connectivity index (χ1) is 14.6. The highest BCUT2D eigenvalue weighted by Gasteiger charge is 2.67. The van der Waals surface area contributed by atoms with Gasteiger partial charge in [0.05, 0.1) is 0 Å². The summed E-state index contributed by atoms with van der Waals surface area (Å²) in [5, 5.41) is 0. The molecule has 7 unspecified atom stereocenters. The molecule has 0 aromatic rings.